The summed E-state index contributed by atoms with van der Waals surface area (Å²) < 4.78 is 11.8. The molecule has 2 aliphatic rings. The number of anilines is 1. The molecule has 1 spiro atoms. The van der Waals surface area contributed by atoms with Gasteiger partial charge in [-0.2, -0.15) is 0 Å². The minimum atomic E-state index is -0.545. The lowest BCUT2D eigenvalue weighted by molar-refractivity contribution is 0.0225. The van der Waals surface area contributed by atoms with Crippen molar-refractivity contribution < 1.29 is 19.1 Å². The van der Waals surface area contributed by atoms with Crippen molar-refractivity contribution >= 4 is 17.6 Å². The van der Waals surface area contributed by atoms with Crippen LogP contribution in [0.2, 0.25) is 0 Å². The number of rotatable bonds is 4. The van der Waals surface area contributed by atoms with E-state index in [1.54, 1.807) is 13.1 Å². The topological polar surface area (TPSA) is 81.6 Å². The van der Waals surface area contributed by atoms with Gasteiger partial charge in [0, 0.05) is 37.7 Å². The van der Waals surface area contributed by atoms with Crippen LogP contribution >= 0.6 is 0 Å². The molecule has 5 rings (SSSR count). The lowest BCUT2D eigenvalue weighted by atomic mass is 9.81. The Morgan fingerprint density at radius 3 is 2.61 bits per heavy atom. The van der Waals surface area contributed by atoms with Crippen LogP contribution in [0, 0.1) is 20.8 Å². The van der Waals surface area contributed by atoms with Crippen molar-refractivity contribution in [2.45, 2.75) is 52.6 Å². The van der Waals surface area contributed by atoms with E-state index in [1.165, 1.54) is 0 Å². The van der Waals surface area contributed by atoms with Crippen molar-refractivity contribution in [3.05, 3.63) is 70.4 Å². The number of benzene rings is 2. The number of ether oxygens (including phenoxy) is 2. The molecular formula is C29H31N3O4. The summed E-state index contributed by atoms with van der Waals surface area (Å²) in [5, 5.41) is 0. The zero-order valence-electron chi connectivity index (χ0n) is 21.3. The molecular weight excluding hydrogens is 454 g/mol. The molecule has 0 unspecified atom stereocenters. The number of carbonyl (C=O) groups excluding carboxylic acids is 2. The lowest BCUT2D eigenvalue weighted by Crippen LogP contribution is -2.51. The average molecular weight is 486 g/mol. The van der Waals surface area contributed by atoms with Crippen LogP contribution in [0.25, 0.3) is 11.4 Å². The van der Waals surface area contributed by atoms with E-state index in [-0.39, 0.29) is 12.4 Å². The first-order valence-corrected chi connectivity index (χ1v) is 12.5. The van der Waals surface area contributed by atoms with Gasteiger partial charge in [0.1, 0.15) is 22.7 Å². The van der Waals surface area contributed by atoms with Crippen LogP contribution in [0.15, 0.2) is 42.6 Å². The molecule has 0 saturated carbocycles. The van der Waals surface area contributed by atoms with Crippen molar-refractivity contribution in [3.8, 4) is 17.1 Å². The van der Waals surface area contributed by atoms with Gasteiger partial charge in [0.15, 0.2) is 11.6 Å². The molecule has 1 fully saturated rings. The summed E-state index contributed by atoms with van der Waals surface area (Å²) >= 11 is 0. The molecule has 2 aliphatic heterocycles. The fourth-order valence-corrected chi connectivity index (χ4v) is 5.23. The quantitative estimate of drug-likeness (QED) is 0.467. The van der Waals surface area contributed by atoms with E-state index in [0.29, 0.717) is 60.9 Å². The lowest BCUT2D eigenvalue weighted by Gasteiger charge is -2.44. The van der Waals surface area contributed by atoms with Gasteiger partial charge >= 0.3 is 5.97 Å². The molecule has 0 radical (unpaired) electrons. The minimum Gasteiger partial charge on any atom is -0.486 e. The number of hydrogen-bond donors (Lipinski definition) is 0. The second-order valence-electron chi connectivity index (χ2n) is 9.85. The molecule has 3 heterocycles. The van der Waals surface area contributed by atoms with E-state index in [2.05, 4.69) is 16.0 Å². The number of piperidine rings is 1. The molecule has 1 saturated heterocycles. The fraction of sp³-hybridized carbons (Fsp3) is 0.379. The molecule has 186 valence electrons. The van der Waals surface area contributed by atoms with Crippen LogP contribution in [0.4, 0.5) is 5.82 Å². The predicted molar refractivity (Wildman–Crippen MR) is 138 cm³/mol. The van der Waals surface area contributed by atoms with Crippen molar-refractivity contribution in [2.75, 3.05) is 24.6 Å². The zero-order chi connectivity index (χ0) is 25.4. The first-order valence-electron chi connectivity index (χ1n) is 12.5. The number of ketones is 1. The van der Waals surface area contributed by atoms with Gasteiger partial charge in [-0.1, -0.05) is 29.8 Å². The van der Waals surface area contributed by atoms with Crippen LogP contribution < -0.4 is 9.64 Å². The monoisotopic (exact) mass is 485 g/mol. The second kappa shape index (κ2) is 9.37. The summed E-state index contributed by atoms with van der Waals surface area (Å²) in [4.78, 5) is 37.2. The minimum absolute atomic E-state index is 0.132. The summed E-state index contributed by atoms with van der Waals surface area (Å²) in [6.45, 7) is 9.27. The van der Waals surface area contributed by atoms with Crippen molar-refractivity contribution in [1.82, 2.24) is 9.97 Å². The highest BCUT2D eigenvalue weighted by Gasteiger charge is 2.44. The third-order valence-corrected chi connectivity index (χ3v) is 7.04. The summed E-state index contributed by atoms with van der Waals surface area (Å²) in [6, 6.07) is 12.0. The van der Waals surface area contributed by atoms with Gasteiger partial charge < -0.3 is 14.4 Å². The van der Waals surface area contributed by atoms with Gasteiger partial charge in [0.25, 0.3) is 0 Å². The highest BCUT2D eigenvalue weighted by atomic mass is 16.5. The van der Waals surface area contributed by atoms with Crippen LogP contribution in [-0.2, 0) is 4.74 Å². The molecule has 2 aromatic carbocycles. The normalized spacial score (nSPS) is 16.4. The maximum absolute atomic E-state index is 13.1. The number of Topliss-reactive ketones (excluding diaryl/α,β-unsaturated/α-hetero) is 1. The zero-order valence-corrected chi connectivity index (χ0v) is 21.3. The SMILES string of the molecule is CCOC(=O)c1cnc(-c2cccc(C)c2)nc1N1CCC2(CC1)CC(=O)c1cc(C)cc(C)c1O2. The van der Waals surface area contributed by atoms with E-state index in [0.717, 1.165) is 22.3 Å². The first kappa shape index (κ1) is 24.0. The van der Waals surface area contributed by atoms with Gasteiger partial charge in [-0.15, -0.1) is 0 Å². The Bertz CT molecular complexity index is 1340. The number of fused-ring (bicyclic) bond motifs is 1. The van der Waals surface area contributed by atoms with E-state index < -0.39 is 11.6 Å². The number of nitrogens with zero attached hydrogens (tertiary/aromatic N) is 3. The Labute approximate surface area is 211 Å². The van der Waals surface area contributed by atoms with Crippen molar-refractivity contribution in [3.63, 3.8) is 0 Å². The summed E-state index contributed by atoms with van der Waals surface area (Å²) in [5.41, 5.74) is 4.54. The Hall–Kier alpha value is -3.74. The molecule has 0 bridgehead atoms. The van der Waals surface area contributed by atoms with Crippen LogP contribution in [-0.4, -0.2) is 47.0 Å². The molecule has 3 aromatic rings. The van der Waals surface area contributed by atoms with Crippen LogP contribution in [0.1, 0.15) is 63.6 Å². The molecule has 0 amide bonds. The Morgan fingerprint density at radius 1 is 1.11 bits per heavy atom. The van der Waals surface area contributed by atoms with Crippen LogP contribution in [0.3, 0.4) is 0 Å². The van der Waals surface area contributed by atoms with E-state index >= 15 is 0 Å². The van der Waals surface area contributed by atoms with Gasteiger partial charge in [-0.3, -0.25) is 4.79 Å². The summed E-state index contributed by atoms with van der Waals surface area (Å²) in [7, 11) is 0. The number of carbonyl (C=O) groups is 2. The standard InChI is InChI=1S/C29H31N3O4/c1-5-35-28(34)23-17-30-26(21-8-6-7-18(2)14-21)31-27(23)32-11-9-29(10-12-32)16-24(33)22-15-19(3)13-20(4)25(22)36-29/h6-8,13-15,17H,5,9-12,16H2,1-4H3. The molecule has 7 heteroatoms. The van der Waals surface area contributed by atoms with E-state index in [1.807, 2.05) is 51.1 Å². The maximum Gasteiger partial charge on any atom is 0.343 e. The largest absolute Gasteiger partial charge is 0.486 e. The highest BCUT2D eigenvalue weighted by molar-refractivity contribution is 6.01. The third-order valence-electron chi connectivity index (χ3n) is 7.04. The number of hydrogen-bond acceptors (Lipinski definition) is 7. The molecule has 7 nitrogen and oxygen atoms in total. The molecule has 36 heavy (non-hydrogen) atoms. The Morgan fingerprint density at radius 2 is 1.89 bits per heavy atom. The van der Waals surface area contributed by atoms with Crippen molar-refractivity contribution in [1.29, 1.82) is 0 Å². The first-order chi connectivity index (χ1) is 17.3. The molecule has 1 aromatic heterocycles. The van der Waals surface area contributed by atoms with E-state index in [4.69, 9.17) is 14.5 Å². The van der Waals surface area contributed by atoms with Crippen molar-refractivity contribution in [2.24, 2.45) is 0 Å². The maximum atomic E-state index is 13.1. The fourth-order valence-electron chi connectivity index (χ4n) is 5.23. The van der Waals surface area contributed by atoms with Gasteiger partial charge in [-0.05, 0) is 51.0 Å². The van der Waals surface area contributed by atoms with Gasteiger partial charge in [-0.25, -0.2) is 14.8 Å². The predicted octanol–water partition coefficient (Wildman–Crippen LogP) is 5.25. The second-order valence-corrected chi connectivity index (χ2v) is 9.85. The summed E-state index contributed by atoms with van der Waals surface area (Å²) in [6.07, 6.45) is 3.22. The van der Waals surface area contributed by atoms with Gasteiger partial charge in [0.05, 0.1) is 18.6 Å². The highest BCUT2D eigenvalue weighted by Crippen LogP contribution is 2.42. The Balaban J connectivity index is 1.44. The number of esters is 1. The average Bonchev–Trinajstić information content (AvgIpc) is 2.85. The third kappa shape index (κ3) is 4.45. The molecule has 0 atom stereocenters. The number of aryl methyl sites for hydroxylation is 3. The van der Waals surface area contributed by atoms with E-state index in [9.17, 15) is 9.59 Å². The van der Waals surface area contributed by atoms with Crippen LogP contribution in [0.5, 0.6) is 5.75 Å². The number of aromatic nitrogens is 2. The molecule has 0 aliphatic carbocycles. The van der Waals surface area contributed by atoms with Gasteiger partial charge in [0.2, 0.25) is 0 Å². The Kier molecular flexibility index (Phi) is 6.24. The summed E-state index contributed by atoms with van der Waals surface area (Å²) in [5.74, 6) is 1.52. The molecule has 0 N–H and O–H groups in total. The smallest absolute Gasteiger partial charge is 0.343 e.